The second kappa shape index (κ2) is 7.39. The van der Waals surface area contributed by atoms with Crippen LogP contribution < -0.4 is 5.32 Å². The van der Waals surface area contributed by atoms with E-state index in [0.29, 0.717) is 25.2 Å². The fourth-order valence-electron chi connectivity index (χ4n) is 2.97. The van der Waals surface area contributed by atoms with Crippen LogP contribution in [0.4, 0.5) is 11.4 Å². The predicted octanol–water partition coefficient (Wildman–Crippen LogP) is 1.96. The summed E-state index contributed by atoms with van der Waals surface area (Å²) < 4.78 is 0. The molecule has 1 saturated heterocycles. The van der Waals surface area contributed by atoms with Crippen LogP contribution in [0.15, 0.2) is 24.3 Å². The van der Waals surface area contributed by atoms with Crippen molar-refractivity contribution in [3.05, 3.63) is 34.4 Å². The molecule has 8 heteroatoms. The highest BCUT2D eigenvalue weighted by Gasteiger charge is 2.33. The van der Waals surface area contributed by atoms with Gasteiger partial charge in [0.15, 0.2) is 0 Å². The van der Waals surface area contributed by atoms with Gasteiger partial charge in [0.25, 0.3) is 5.69 Å². The van der Waals surface area contributed by atoms with Crippen LogP contribution in [0.25, 0.3) is 0 Å². The Kier molecular flexibility index (Phi) is 5.50. The Hall–Kier alpha value is -2.48. The maximum atomic E-state index is 12.4. The highest BCUT2D eigenvalue weighted by molar-refractivity contribution is 5.94. The van der Waals surface area contributed by atoms with Crippen molar-refractivity contribution in [1.82, 2.24) is 4.90 Å². The van der Waals surface area contributed by atoms with E-state index in [1.165, 1.54) is 24.3 Å². The van der Waals surface area contributed by atoms with Gasteiger partial charge in [-0.15, -0.1) is 0 Å². The number of nitrogens with one attached hydrogen (secondary N) is 1. The number of amides is 1. The predicted molar refractivity (Wildman–Crippen MR) is 87.7 cm³/mol. The van der Waals surface area contributed by atoms with Crippen LogP contribution in [0, 0.1) is 22.0 Å². The molecule has 1 heterocycles. The van der Waals surface area contributed by atoms with Crippen LogP contribution in [0.5, 0.6) is 0 Å². The van der Waals surface area contributed by atoms with E-state index >= 15 is 0 Å². The maximum Gasteiger partial charge on any atom is 0.307 e. The molecule has 0 aliphatic carbocycles. The van der Waals surface area contributed by atoms with Gasteiger partial charge in [0, 0.05) is 30.9 Å². The molecule has 8 nitrogen and oxygen atoms in total. The van der Waals surface area contributed by atoms with Crippen LogP contribution >= 0.6 is 0 Å². The number of piperidine rings is 1. The molecule has 1 amide bonds. The fraction of sp³-hybridized carbons (Fsp3) is 0.500. The van der Waals surface area contributed by atoms with E-state index in [0.717, 1.165) is 0 Å². The number of aliphatic carboxylic acids is 1. The Morgan fingerprint density at radius 1 is 1.33 bits per heavy atom. The Labute approximate surface area is 139 Å². The van der Waals surface area contributed by atoms with E-state index in [9.17, 15) is 24.8 Å². The average molecular weight is 335 g/mol. The van der Waals surface area contributed by atoms with E-state index in [1.807, 2.05) is 11.8 Å². The van der Waals surface area contributed by atoms with E-state index < -0.39 is 22.9 Å². The number of likely N-dealkylation sites (tertiary alicyclic amines) is 1. The average Bonchev–Trinajstić information content (AvgIpc) is 2.53. The van der Waals surface area contributed by atoms with Crippen molar-refractivity contribution in [2.45, 2.75) is 26.3 Å². The van der Waals surface area contributed by atoms with Crippen molar-refractivity contribution < 1.29 is 19.6 Å². The van der Waals surface area contributed by atoms with Gasteiger partial charge in [-0.25, -0.2) is 0 Å². The number of benzene rings is 1. The monoisotopic (exact) mass is 335 g/mol. The largest absolute Gasteiger partial charge is 0.481 e. The normalized spacial score (nSPS) is 22.6. The van der Waals surface area contributed by atoms with Gasteiger partial charge in [0.05, 0.1) is 16.9 Å². The molecule has 2 N–H and O–H groups in total. The molecule has 0 saturated carbocycles. The molecular formula is C16H21N3O5. The first-order chi connectivity index (χ1) is 11.3. The molecule has 3 atom stereocenters. The number of anilines is 1. The minimum Gasteiger partial charge on any atom is -0.481 e. The van der Waals surface area contributed by atoms with Gasteiger partial charge in [0.1, 0.15) is 0 Å². The van der Waals surface area contributed by atoms with Gasteiger partial charge in [0.2, 0.25) is 5.91 Å². The van der Waals surface area contributed by atoms with E-state index in [2.05, 4.69) is 5.32 Å². The molecule has 0 aromatic heterocycles. The molecule has 1 aromatic carbocycles. The summed E-state index contributed by atoms with van der Waals surface area (Å²) in [5, 5.41) is 22.6. The first-order valence-electron chi connectivity index (χ1n) is 7.80. The lowest BCUT2D eigenvalue weighted by molar-refractivity contribution is -0.384. The van der Waals surface area contributed by atoms with Crippen molar-refractivity contribution in [1.29, 1.82) is 0 Å². The fourth-order valence-corrected chi connectivity index (χ4v) is 2.97. The van der Waals surface area contributed by atoms with Gasteiger partial charge in [-0.3, -0.25) is 24.6 Å². The molecule has 130 valence electrons. The lowest BCUT2D eigenvalue weighted by Crippen LogP contribution is -2.50. The Balaban J connectivity index is 2.00. The van der Waals surface area contributed by atoms with Gasteiger partial charge in [-0.1, -0.05) is 6.92 Å². The second-order valence-electron chi connectivity index (χ2n) is 6.30. The number of hydrogen-bond donors (Lipinski definition) is 2. The smallest absolute Gasteiger partial charge is 0.307 e. The highest BCUT2D eigenvalue weighted by atomic mass is 16.6. The number of nitro groups is 1. The summed E-state index contributed by atoms with van der Waals surface area (Å²) in [6, 6.07) is 5.11. The molecule has 0 spiro atoms. The number of non-ortho nitro benzene ring substituents is 1. The third kappa shape index (κ3) is 4.29. The zero-order valence-electron chi connectivity index (χ0n) is 13.6. The first kappa shape index (κ1) is 17.9. The topological polar surface area (TPSA) is 113 Å². The summed E-state index contributed by atoms with van der Waals surface area (Å²) >= 11 is 0. The second-order valence-corrected chi connectivity index (χ2v) is 6.30. The van der Waals surface area contributed by atoms with Crippen molar-refractivity contribution in [2.75, 3.05) is 18.4 Å². The Bertz CT molecular complexity index is 631. The molecule has 1 fully saturated rings. The molecule has 0 bridgehead atoms. The molecule has 2 rings (SSSR count). The summed E-state index contributed by atoms with van der Waals surface area (Å²) in [5.41, 5.74) is 0.424. The zero-order valence-corrected chi connectivity index (χ0v) is 13.6. The van der Waals surface area contributed by atoms with Crippen LogP contribution in [0.1, 0.15) is 20.3 Å². The number of rotatable bonds is 5. The van der Waals surface area contributed by atoms with Gasteiger partial charge < -0.3 is 10.4 Å². The summed E-state index contributed by atoms with van der Waals surface area (Å²) in [4.78, 5) is 35.6. The molecule has 1 aliphatic rings. The first-order valence-corrected chi connectivity index (χ1v) is 7.80. The minimum atomic E-state index is -0.838. The number of carboxylic acids is 1. The number of carboxylic acid groups (broad SMARTS) is 1. The Morgan fingerprint density at radius 2 is 1.96 bits per heavy atom. The maximum absolute atomic E-state index is 12.4. The SMILES string of the molecule is CC1CC(C(=O)O)CN(C(C)C(=O)Nc2ccc([N+](=O)[O-])cc2)C1. The van der Waals surface area contributed by atoms with Crippen molar-refractivity contribution in [3.8, 4) is 0 Å². The summed E-state index contributed by atoms with van der Waals surface area (Å²) in [5.74, 6) is -1.37. The number of nitro benzene ring substituents is 1. The lowest BCUT2D eigenvalue weighted by atomic mass is 9.89. The Morgan fingerprint density at radius 3 is 2.50 bits per heavy atom. The number of hydrogen-bond acceptors (Lipinski definition) is 5. The van der Waals surface area contributed by atoms with Gasteiger partial charge >= 0.3 is 5.97 Å². The van der Waals surface area contributed by atoms with Crippen molar-refractivity contribution in [3.63, 3.8) is 0 Å². The summed E-state index contributed by atoms with van der Waals surface area (Å²) in [6.07, 6.45) is 0.614. The molecule has 24 heavy (non-hydrogen) atoms. The van der Waals surface area contributed by atoms with Crippen LogP contribution in [0.3, 0.4) is 0 Å². The molecule has 3 unspecified atom stereocenters. The number of carbonyl (C=O) groups excluding carboxylic acids is 1. The van der Waals surface area contributed by atoms with Crippen LogP contribution in [0.2, 0.25) is 0 Å². The number of nitrogens with zero attached hydrogens (tertiary/aromatic N) is 2. The van der Waals surface area contributed by atoms with Crippen molar-refractivity contribution >= 4 is 23.3 Å². The molecule has 1 aliphatic heterocycles. The number of carbonyl (C=O) groups is 2. The van der Waals surface area contributed by atoms with Crippen LogP contribution in [-0.2, 0) is 9.59 Å². The van der Waals surface area contributed by atoms with E-state index in [-0.39, 0.29) is 17.5 Å². The molecular weight excluding hydrogens is 314 g/mol. The van der Waals surface area contributed by atoms with Crippen molar-refractivity contribution in [2.24, 2.45) is 11.8 Å². The minimum absolute atomic E-state index is 0.0461. The van der Waals surface area contributed by atoms with E-state index in [1.54, 1.807) is 6.92 Å². The zero-order chi connectivity index (χ0) is 17.9. The van der Waals surface area contributed by atoms with Gasteiger partial charge in [-0.2, -0.15) is 0 Å². The third-order valence-corrected chi connectivity index (χ3v) is 4.31. The quantitative estimate of drug-likeness (QED) is 0.628. The summed E-state index contributed by atoms with van der Waals surface area (Å²) in [7, 11) is 0. The third-order valence-electron chi connectivity index (χ3n) is 4.31. The van der Waals surface area contributed by atoms with Gasteiger partial charge in [-0.05, 0) is 31.4 Å². The lowest BCUT2D eigenvalue weighted by Gasteiger charge is -2.37. The van der Waals surface area contributed by atoms with Crippen LogP contribution in [-0.4, -0.2) is 45.9 Å². The molecule has 1 aromatic rings. The standard InChI is InChI=1S/C16H21N3O5/c1-10-7-12(16(21)22)9-18(8-10)11(2)15(20)17-13-3-5-14(6-4-13)19(23)24/h3-6,10-12H,7-9H2,1-2H3,(H,17,20)(H,21,22). The summed E-state index contributed by atoms with van der Waals surface area (Å²) in [6.45, 7) is 4.72. The van der Waals surface area contributed by atoms with E-state index in [4.69, 9.17) is 0 Å². The highest BCUT2D eigenvalue weighted by Crippen LogP contribution is 2.24. The molecule has 0 radical (unpaired) electrons.